The molecule has 0 atom stereocenters. The summed E-state index contributed by atoms with van der Waals surface area (Å²) >= 11 is 1.49. The van der Waals surface area contributed by atoms with Gasteiger partial charge in [0, 0.05) is 11.6 Å². The third-order valence-corrected chi connectivity index (χ3v) is 3.47. The molecule has 0 fully saturated rings. The number of rotatable bonds is 4. The Morgan fingerprint density at radius 3 is 2.95 bits per heavy atom. The molecule has 0 radical (unpaired) electrons. The molecule has 1 amide bonds. The van der Waals surface area contributed by atoms with Gasteiger partial charge in [0.15, 0.2) is 5.76 Å². The van der Waals surface area contributed by atoms with Crippen LogP contribution >= 0.6 is 11.3 Å². The fraction of sp³-hybridized carbons (Fsp3) is 0.0714. The number of pyridine rings is 1. The molecule has 0 spiro atoms. The highest BCUT2D eigenvalue weighted by Gasteiger charge is 2.10. The number of aromatic nitrogens is 2. The molecule has 3 rings (SSSR count). The van der Waals surface area contributed by atoms with Crippen LogP contribution < -0.4 is 5.32 Å². The highest BCUT2D eigenvalue weighted by molar-refractivity contribution is 7.09. The van der Waals surface area contributed by atoms with Crippen molar-refractivity contribution in [2.45, 2.75) is 6.54 Å². The van der Waals surface area contributed by atoms with E-state index in [9.17, 15) is 4.79 Å². The number of carbonyl (C=O) groups is 1. The lowest BCUT2D eigenvalue weighted by Gasteiger charge is -1.99. The normalized spacial score (nSPS) is 10.4. The van der Waals surface area contributed by atoms with Gasteiger partial charge in [-0.05, 0) is 24.3 Å². The lowest BCUT2D eigenvalue weighted by molar-refractivity contribution is 0.0923. The summed E-state index contributed by atoms with van der Waals surface area (Å²) < 4.78 is 5.02. The van der Waals surface area contributed by atoms with E-state index < -0.39 is 0 Å². The average molecular weight is 285 g/mol. The molecular weight excluding hydrogens is 274 g/mol. The van der Waals surface area contributed by atoms with Crippen molar-refractivity contribution in [3.63, 3.8) is 0 Å². The van der Waals surface area contributed by atoms with Crippen LogP contribution in [0.3, 0.4) is 0 Å². The van der Waals surface area contributed by atoms with Crippen LogP contribution in [0.5, 0.6) is 0 Å². The Labute approximate surface area is 119 Å². The van der Waals surface area contributed by atoms with Crippen LogP contribution in [0.1, 0.15) is 15.6 Å². The van der Waals surface area contributed by atoms with E-state index in [-0.39, 0.29) is 5.91 Å². The first-order valence-electron chi connectivity index (χ1n) is 6.00. The molecule has 3 heterocycles. The molecule has 0 aliphatic carbocycles. The number of furan rings is 1. The molecule has 0 aliphatic heterocycles. The van der Waals surface area contributed by atoms with E-state index >= 15 is 0 Å². The van der Waals surface area contributed by atoms with E-state index in [1.807, 2.05) is 23.6 Å². The van der Waals surface area contributed by atoms with Crippen molar-refractivity contribution in [2.75, 3.05) is 0 Å². The minimum Gasteiger partial charge on any atom is -0.459 e. The summed E-state index contributed by atoms with van der Waals surface area (Å²) in [5, 5.41) is 5.51. The molecule has 6 heteroatoms. The van der Waals surface area contributed by atoms with Crippen LogP contribution in [-0.4, -0.2) is 15.9 Å². The van der Waals surface area contributed by atoms with Gasteiger partial charge in [0.1, 0.15) is 5.01 Å². The summed E-state index contributed by atoms with van der Waals surface area (Å²) in [7, 11) is 0. The Morgan fingerprint density at radius 1 is 1.25 bits per heavy atom. The predicted molar refractivity (Wildman–Crippen MR) is 75.2 cm³/mol. The number of amides is 1. The van der Waals surface area contributed by atoms with Gasteiger partial charge >= 0.3 is 0 Å². The molecule has 100 valence electrons. The van der Waals surface area contributed by atoms with Gasteiger partial charge in [0.05, 0.1) is 24.2 Å². The van der Waals surface area contributed by atoms with Gasteiger partial charge in [-0.3, -0.25) is 9.78 Å². The Bertz CT molecular complexity index is 692. The maximum absolute atomic E-state index is 11.7. The van der Waals surface area contributed by atoms with Crippen LogP contribution in [-0.2, 0) is 6.54 Å². The molecule has 0 unspecified atom stereocenters. The maximum atomic E-state index is 11.7. The molecule has 3 aromatic heterocycles. The van der Waals surface area contributed by atoms with Crippen molar-refractivity contribution < 1.29 is 9.21 Å². The van der Waals surface area contributed by atoms with Crippen molar-refractivity contribution in [3.05, 3.63) is 58.9 Å². The number of hydrogen-bond donors (Lipinski definition) is 1. The Balaban J connectivity index is 1.65. The molecule has 0 saturated heterocycles. The van der Waals surface area contributed by atoms with Gasteiger partial charge in [0.25, 0.3) is 5.91 Å². The second-order valence-corrected chi connectivity index (χ2v) is 4.94. The molecule has 0 aromatic carbocycles. The fourth-order valence-electron chi connectivity index (χ4n) is 1.67. The van der Waals surface area contributed by atoms with Gasteiger partial charge in [-0.15, -0.1) is 11.3 Å². The lowest BCUT2D eigenvalue weighted by atomic mass is 10.3. The van der Waals surface area contributed by atoms with Crippen molar-refractivity contribution >= 4 is 17.2 Å². The monoisotopic (exact) mass is 285 g/mol. The predicted octanol–water partition coefficient (Wildman–Crippen LogP) is 2.73. The summed E-state index contributed by atoms with van der Waals surface area (Å²) in [5.74, 6) is 0.0519. The number of nitrogens with one attached hydrogen (secondary N) is 1. The van der Waals surface area contributed by atoms with Crippen LogP contribution in [0.25, 0.3) is 11.4 Å². The zero-order chi connectivity index (χ0) is 13.8. The molecule has 20 heavy (non-hydrogen) atoms. The molecule has 0 aliphatic rings. The van der Waals surface area contributed by atoms with Gasteiger partial charge in [-0.1, -0.05) is 6.07 Å². The average Bonchev–Trinajstić information content (AvgIpc) is 3.17. The van der Waals surface area contributed by atoms with E-state index in [0.717, 1.165) is 16.4 Å². The number of thiazole rings is 1. The Morgan fingerprint density at radius 2 is 2.20 bits per heavy atom. The third-order valence-electron chi connectivity index (χ3n) is 2.62. The minimum absolute atomic E-state index is 0.246. The van der Waals surface area contributed by atoms with Crippen molar-refractivity contribution in [2.24, 2.45) is 0 Å². The first-order valence-corrected chi connectivity index (χ1v) is 6.88. The summed E-state index contributed by atoms with van der Waals surface area (Å²) in [6.45, 7) is 0.372. The van der Waals surface area contributed by atoms with Gasteiger partial charge in [-0.25, -0.2) is 4.98 Å². The van der Waals surface area contributed by atoms with Gasteiger partial charge < -0.3 is 9.73 Å². The molecule has 1 N–H and O–H groups in total. The molecule has 3 aromatic rings. The molecule has 0 bridgehead atoms. The first-order chi connectivity index (χ1) is 9.83. The van der Waals surface area contributed by atoms with E-state index in [2.05, 4.69) is 15.3 Å². The van der Waals surface area contributed by atoms with Gasteiger partial charge in [0.2, 0.25) is 0 Å². The topological polar surface area (TPSA) is 68.0 Å². The van der Waals surface area contributed by atoms with Crippen molar-refractivity contribution in [3.8, 4) is 11.4 Å². The first kappa shape index (κ1) is 12.6. The zero-order valence-corrected chi connectivity index (χ0v) is 11.3. The van der Waals surface area contributed by atoms with E-state index in [1.165, 1.54) is 17.6 Å². The van der Waals surface area contributed by atoms with Crippen LogP contribution in [0.15, 0.2) is 52.6 Å². The largest absolute Gasteiger partial charge is 0.459 e. The highest BCUT2D eigenvalue weighted by Crippen LogP contribution is 2.19. The summed E-state index contributed by atoms with van der Waals surface area (Å²) in [6, 6.07) is 8.98. The minimum atomic E-state index is -0.246. The van der Waals surface area contributed by atoms with Crippen molar-refractivity contribution in [1.29, 1.82) is 0 Å². The molecule has 0 saturated carbocycles. The van der Waals surface area contributed by atoms with E-state index in [1.54, 1.807) is 18.3 Å². The SMILES string of the molecule is O=C(NCc1nc(-c2ccccn2)cs1)c1ccco1. The number of carbonyl (C=O) groups excluding carboxylic acids is 1. The fourth-order valence-corrected chi connectivity index (χ4v) is 2.40. The smallest absolute Gasteiger partial charge is 0.287 e. The third kappa shape index (κ3) is 2.75. The van der Waals surface area contributed by atoms with Crippen LogP contribution in [0.4, 0.5) is 0 Å². The summed E-state index contributed by atoms with van der Waals surface area (Å²) in [6.07, 6.45) is 3.20. The van der Waals surface area contributed by atoms with E-state index in [4.69, 9.17) is 4.42 Å². The second-order valence-electron chi connectivity index (χ2n) is 4.00. The summed E-state index contributed by atoms with van der Waals surface area (Å²) in [4.78, 5) is 20.4. The maximum Gasteiger partial charge on any atom is 0.287 e. The molecular formula is C14H11N3O2S. The lowest BCUT2D eigenvalue weighted by Crippen LogP contribution is -2.22. The molecule has 5 nitrogen and oxygen atoms in total. The van der Waals surface area contributed by atoms with Crippen LogP contribution in [0.2, 0.25) is 0 Å². The number of nitrogens with zero attached hydrogens (tertiary/aromatic N) is 2. The van der Waals surface area contributed by atoms with Gasteiger partial charge in [-0.2, -0.15) is 0 Å². The highest BCUT2D eigenvalue weighted by atomic mass is 32.1. The van der Waals surface area contributed by atoms with E-state index in [0.29, 0.717) is 12.3 Å². The second kappa shape index (κ2) is 5.66. The number of hydrogen-bond acceptors (Lipinski definition) is 5. The Kier molecular flexibility index (Phi) is 3.56. The Hall–Kier alpha value is -2.47. The zero-order valence-electron chi connectivity index (χ0n) is 10.4. The summed E-state index contributed by atoms with van der Waals surface area (Å²) in [5.41, 5.74) is 1.64. The van der Waals surface area contributed by atoms with Crippen LogP contribution in [0, 0.1) is 0 Å². The quantitative estimate of drug-likeness (QED) is 0.800. The van der Waals surface area contributed by atoms with Crippen molar-refractivity contribution in [1.82, 2.24) is 15.3 Å². The standard InChI is InChI=1S/C14H11N3O2S/c18-14(12-5-3-7-19-12)16-8-13-17-11(9-20-13)10-4-1-2-6-15-10/h1-7,9H,8H2,(H,16,18).